The van der Waals surface area contributed by atoms with Crippen molar-refractivity contribution in [3.05, 3.63) is 112 Å². The summed E-state index contributed by atoms with van der Waals surface area (Å²) in [6.07, 6.45) is 4.80. The van der Waals surface area contributed by atoms with Gasteiger partial charge in [0.25, 0.3) is 5.91 Å². The molecule has 1 amide bonds. The fraction of sp³-hybridized carbons (Fsp3) is 0.273. The number of hydrogen-bond donors (Lipinski definition) is 1. The molecule has 0 fully saturated rings. The fourth-order valence-corrected chi connectivity index (χ4v) is 6.20. The van der Waals surface area contributed by atoms with Crippen molar-refractivity contribution >= 4 is 34.1 Å². The highest BCUT2D eigenvalue weighted by atomic mass is 32.1. The minimum absolute atomic E-state index is 0.0938. The highest BCUT2D eigenvalue weighted by Gasteiger charge is 2.33. The smallest absolute Gasteiger partial charge is 0.259 e. The summed E-state index contributed by atoms with van der Waals surface area (Å²) in [6.45, 7) is 7.41. The van der Waals surface area contributed by atoms with Gasteiger partial charge < -0.3 is 10.1 Å². The number of aliphatic imine (C=N–C) groups is 1. The van der Waals surface area contributed by atoms with Gasteiger partial charge in [0.1, 0.15) is 17.4 Å². The van der Waals surface area contributed by atoms with Gasteiger partial charge in [0.15, 0.2) is 0 Å². The van der Waals surface area contributed by atoms with Crippen molar-refractivity contribution in [1.82, 2.24) is 0 Å². The van der Waals surface area contributed by atoms with E-state index in [4.69, 9.17) is 9.73 Å². The van der Waals surface area contributed by atoms with Crippen LogP contribution < -0.4 is 10.1 Å². The number of carbonyl (C=O) groups excluding carboxylic acids is 1. The first-order valence-corrected chi connectivity index (χ1v) is 14.0. The normalized spacial score (nSPS) is 15.3. The second kappa shape index (κ2) is 11.4. The van der Waals surface area contributed by atoms with Gasteiger partial charge in [-0.05, 0) is 66.0 Å². The van der Waals surface area contributed by atoms with Crippen molar-refractivity contribution in [1.29, 1.82) is 0 Å². The van der Waals surface area contributed by atoms with E-state index in [2.05, 4.69) is 38.2 Å². The Bertz CT molecular complexity index is 1420. The lowest BCUT2D eigenvalue weighted by Crippen LogP contribution is -2.27. The molecule has 0 aliphatic heterocycles. The Balaban J connectivity index is 1.45. The molecule has 1 aliphatic rings. The van der Waals surface area contributed by atoms with Crippen LogP contribution >= 0.6 is 11.3 Å². The largest absolute Gasteiger partial charge is 0.488 e. The fourth-order valence-electron chi connectivity index (χ4n) is 4.93. The molecule has 4 aromatic rings. The Kier molecular flexibility index (Phi) is 7.75. The van der Waals surface area contributed by atoms with Crippen LogP contribution in [0.2, 0.25) is 0 Å². The van der Waals surface area contributed by atoms with Gasteiger partial charge in [-0.1, -0.05) is 81.4 Å². The number of anilines is 1. The molecule has 3 aromatic carbocycles. The van der Waals surface area contributed by atoms with Crippen molar-refractivity contribution in [3.8, 4) is 5.75 Å². The zero-order chi connectivity index (χ0) is 26.5. The van der Waals surface area contributed by atoms with E-state index < -0.39 is 0 Å². The van der Waals surface area contributed by atoms with E-state index in [1.165, 1.54) is 4.88 Å². The highest BCUT2D eigenvalue weighted by Crippen LogP contribution is 2.45. The number of rotatable bonds is 7. The number of nitrogens with one attached hydrogen (secondary N) is 1. The van der Waals surface area contributed by atoms with E-state index in [1.54, 1.807) is 11.3 Å². The molecule has 0 radical (unpaired) electrons. The number of ether oxygens (including phenoxy) is 1. The third kappa shape index (κ3) is 6.05. The predicted octanol–water partition coefficient (Wildman–Crippen LogP) is 8.48. The Hall–Kier alpha value is -3.70. The van der Waals surface area contributed by atoms with Gasteiger partial charge in [0, 0.05) is 22.3 Å². The van der Waals surface area contributed by atoms with Crippen LogP contribution in [-0.2, 0) is 19.4 Å². The van der Waals surface area contributed by atoms with Crippen LogP contribution in [0, 0.1) is 11.3 Å². The summed E-state index contributed by atoms with van der Waals surface area (Å²) in [5, 5.41) is 3.85. The van der Waals surface area contributed by atoms with E-state index in [0.717, 1.165) is 52.4 Å². The minimum atomic E-state index is -0.0938. The number of para-hydroxylation sites is 2. The van der Waals surface area contributed by atoms with Crippen LogP contribution in [0.4, 0.5) is 10.7 Å². The van der Waals surface area contributed by atoms with Crippen LogP contribution in [0.1, 0.15) is 59.1 Å². The first-order chi connectivity index (χ1) is 18.4. The topological polar surface area (TPSA) is 50.7 Å². The Morgan fingerprint density at radius 2 is 1.68 bits per heavy atom. The van der Waals surface area contributed by atoms with Crippen LogP contribution in [0.15, 0.2) is 89.9 Å². The van der Waals surface area contributed by atoms with Gasteiger partial charge in [-0.25, -0.2) is 4.99 Å². The average molecular weight is 523 g/mol. The van der Waals surface area contributed by atoms with E-state index in [1.807, 2.05) is 79.0 Å². The van der Waals surface area contributed by atoms with Crippen molar-refractivity contribution in [2.24, 2.45) is 16.3 Å². The molecule has 0 saturated carbocycles. The van der Waals surface area contributed by atoms with E-state index in [-0.39, 0.29) is 11.3 Å². The van der Waals surface area contributed by atoms with Gasteiger partial charge in [-0.3, -0.25) is 4.79 Å². The zero-order valence-electron chi connectivity index (χ0n) is 22.2. The molecule has 1 heterocycles. The molecular formula is C33H34N2O2S. The molecule has 1 N–H and O–H groups in total. The number of carbonyl (C=O) groups is 1. The Labute approximate surface area is 229 Å². The van der Waals surface area contributed by atoms with Crippen molar-refractivity contribution < 1.29 is 9.53 Å². The lowest BCUT2D eigenvalue weighted by atomic mass is 9.72. The van der Waals surface area contributed by atoms with Crippen LogP contribution in [-0.4, -0.2) is 12.1 Å². The van der Waals surface area contributed by atoms with E-state index >= 15 is 0 Å². The summed E-state index contributed by atoms with van der Waals surface area (Å²) in [7, 11) is 0. The molecule has 0 bridgehead atoms. The summed E-state index contributed by atoms with van der Waals surface area (Å²) in [5.41, 5.74) is 4.88. The molecule has 0 unspecified atom stereocenters. The molecule has 38 heavy (non-hydrogen) atoms. The molecular weight excluding hydrogens is 488 g/mol. The Morgan fingerprint density at radius 1 is 1.00 bits per heavy atom. The second-order valence-electron chi connectivity index (χ2n) is 10.9. The predicted molar refractivity (Wildman–Crippen MR) is 158 cm³/mol. The molecule has 194 valence electrons. The lowest BCUT2D eigenvalue weighted by Gasteiger charge is -2.33. The molecule has 5 rings (SSSR count). The standard InChI is InChI=1S/C33H34N2O2S/c1-33(2,3)25-18-19-27-29(20-25)38-32(30(27)31(36)35-26-15-8-5-9-16-26)34-21-24-14-10-11-17-28(24)37-22-23-12-6-4-7-13-23/h4-17,21,25H,18-20,22H2,1-3H3,(H,35,36)/t25-/m1/s1. The highest BCUT2D eigenvalue weighted by molar-refractivity contribution is 7.16. The second-order valence-corrected chi connectivity index (χ2v) is 12.0. The zero-order valence-corrected chi connectivity index (χ0v) is 23.1. The lowest BCUT2D eigenvalue weighted by molar-refractivity contribution is 0.102. The molecule has 1 aromatic heterocycles. The summed E-state index contributed by atoms with van der Waals surface area (Å²) in [5.74, 6) is 1.26. The van der Waals surface area contributed by atoms with E-state index in [9.17, 15) is 4.79 Å². The maximum absolute atomic E-state index is 13.6. The van der Waals surface area contributed by atoms with Gasteiger partial charge in [-0.2, -0.15) is 0 Å². The average Bonchev–Trinajstić information content (AvgIpc) is 3.30. The maximum Gasteiger partial charge on any atom is 0.259 e. The van der Waals surface area contributed by atoms with Crippen molar-refractivity contribution in [2.45, 2.75) is 46.6 Å². The van der Waals surface area contributed by atoms with Gasteiger partial charge in [-0.15, -0.1) is 11.3 Å². The van der Waals surface area contributed by atoms with Gasteiger partial charge in [0.2, 0.25) is 0 Å². The number of amides is 1. The third-order valence-corrected chi connectivity index (χ3v) is 8.37. The Morgan fingerprint density at radius 3 is 2.42 bits per heavy atom. The summed E-state index contributed by atoms with van der Waals surface area (Å²) in [4.78, 5) is 19.8. The number of nitrogens with zero attached hydrogens (tertiary/aromatic N) is 1. The summed E-state index contributed by atoms with van der Waals surface area (Å²) >= 11 is 1.66. The SMILES string of the molecule is CC(C)(C)[C@@H]1CCc2c(sc(N=Cc3ccccc3OCc3ccccc3)c2C(=O)Nc2ccccc2)C1. The molecule has 0 spiro atoms. The number of thiophene rings is 1. The summed E-state index contributed by atoms with van der Waals surface area (Å²) < 4.78 is 6.13. The molecule has 5 heteroatoms. The van der Waals surface area contributed by atoms with E-state index in [0.29, 0.717) is 18.1 Å². The molecule has 1 atom stereocenters. The van der Waals surface area contributed by atoms with Crippen molar-refractivity contribution in [2.75, 3.05) is 5.32 Å². The minimum Gasteiger partial charge on any atom is -0.488 e. The quantitative estimate of drug-likeness (QED) is 0.247. The van der Waals surface area contributed by atoms with Crippen LogP contribution in [0.25, 0.3) is 0 Å². The molecule has 0 saturated heterocycles. The monoisotopic (exact) mass is 522 g/mol. The number of hydrogen-bond acceptors (Lipinski definition) is 4. The summed E-state index contributed by atoms with van der Waals surface area (Å²) in [6, 6.07) is 27.7. The van der Waals surface area contributed by atoms with Crippen LogP contribution in [0.5, 0.6) is 5.75 Å². The number of benzene rings is 3. The first-order valence-electron chi connectivity index (χ1n) is 13.2. The van der Waals surface area contributed by atoms with Crippen LogP contribution in [0.3, 0.4) is 0 Å². The molecule has 1 aliphatic carbocycles. The molecule has 4 nitrogen and oxygen atoms in total. The third-order valence-electron chi connectivity index (χ3n) is 7.21. The maximum atomic E-state index is 13.6. The van der Waals surface area contributed by atoms with Gasteiger partial charge in [0.05, 0.1) is 5.56 Å². The van der Waals surface area contributed by atoms with Gasteiger partial charge >= 0.3 is 0 Å². The number of fused-ring (bicyclic) bond motifs is 1. The van der Waals surface area contributed by atoms with Crippen molar-refractivity contribution in [3.63, 3.8) is 0 Å². The first kappa shape index (κ1) is 25.9.